The molecule has 132 valence electrons. The van der Waals surface area contributed by atoms with E-state index in [1.165, 1.54) is 4.90 Å². The highest BCUT2D eigenvalue weighted by molar-refractivity contribution is 5.70. The average molecular weight is 335 g/mol. The standard InChI is InChI=1S/C17H25N3O4/c1-2-24-15(23)20(16(18-13-21)9-5-3-6-10-16)17(19-14-22)11-7-4-8-12-17/h2-12H2,1H3. The molecule has 0 aromatic heterocycles. The van der Waals surface area contributed by atoms with Crippen LogP contribution in [0.4, 0.5) is 4.79 Å². The Bertz CT molecular complexity index is 498. The highest BCUT2D eigenvalue weighted by atomic mass is 16.6. The summed E-state index contributed by atoms with van der Waals surface area (Å²) < 4.78 is 5.26. The van der Waals surface area contributed by atoms with Crippen LogP contribution in [0.1, 0.15) is 71.1 Å². The molecule has 24 heavy (non-hydrogen) atoms. The van der Waals surface area contributed by atoms with Gasteiger partial charge in [-0.1, -0.05) is 12.8 Å². The van der Waals surface area contributed by atoms with E-state index in [9.17, 15) is 14.4 Å². The van der Waals surface area contributed by atoms with Crippen molar-refractivity contribution >= 4 is 18.3 Å². The molecule has 2 aliphatic carbocycles. The van der Waals surface area contributed by atoms with Crippen molar-refractivity contribution in [2.24, 2.45) is 9.98 Å². The van der Waals surface area contributed by atoms with Gasteiger partial charge in [-0.05, 0) is 58.3 Å². The van der Waals surface area contributed by atoms with Crippen molar-refractivity contribution in [2.75, 3.05) is 6.61 Å². The Morgan fingerprint density at radius 3 is 1.67 bits per heavy atom. The molecule has 0 aromatic carbocycles. The van der Waals surface area contributed by atoms with Crippen molar-refractivity contribution in [2.45, 2.75) is 82.5 Å². The van der Waals surface area contributed by atoms with Crippen LogP contribution in [0.3, 0.4) is 0 Å². The first-order valence-corrected chi connectivity index (χ1v) is 8.79. The zero-order valence-corrected chi connectivity index (χ0v) is 14.3. The molecule has 0 bridgehead atoms. The minimum absolute atomic E-state index is 0.205. The van der Waals surface area contributed by atoms with Crippen molar-refractivity contribution in [3.8, 4) is 0 Å². The van der Waals surface area contributed by atoms with E-state index in [4.69, 9.17) is 4.74 Å². The van der Waals surface area contributed by atoms with Crippen LogP contribution in [0.2, 0.25) is 0 Å². The summed E-state index contributed by atoms with van der Waals surface area (Å²) in [4.78, 5) is 44.7. The van der Waals surface area contributed by atoms with E-state index in [-0.39, 0.29) is 6.61 Å². The van der Waals surface area contributed by atoms with Gasteiger partial charge in [-0.15, -0.1) is 0 Å². The van der Waals surface area contributed by atoms with E-state index >= 15 is 0 Å². The van der Waals surface area contributed by atoms with Gasteiger partial charge in [0.1, 0.15) is 0 Å². The molecule has 0 saturated heterocycles. The molecular formula is C17H25N3O4. The first-order chi connectivity index (χ1) is 11.6. The summed E-state index contributed by atoms with van der Waals surface area (Å²) in [5.74, 6) is 0. The normalized spacial score (nSPS) is 21.7. The Morgan fingerprint density at radius 1 is 0.917 bits per heavy atom. The fourth-order valence-electron chi connectivity index (χ4n) is 4.09. The SMILES string of the molecule is CCOC(=O)N(C1(N=C=O)CCCCC1)C1(N=C=O)CCCCC1. The average Bonchev–Trinajstić information content (AvgIpc) is 2.57. The van der Waals surface area contributed by atoms with E-state index < -0.39 is 17.4 Å². The summed E-state index contributed by atoms with van der Waals surface area (Å²) in [6.45, 7) is 1.93. The summed E-state index contributed by atoms with van der Waals surface area (Å²) in [7, 11) is 0. The van der Waals surface area contributed by atoms with Crippen LogP contribution in [0.25, 0.3) is 0 Å². The van der Waals surface area contributed by atoms with Gasteiger partial charge in [-0.25, -0.2) is 14.4 Å². The Labute approximate surface area is 142 Å². The number of isocyanates is 2. The van der Waals surface area contributed by atoms with Crippen LogP contribution in [0.5, 0.6) is 0 Å². The summed E-state index contributed by atoms with van der Waals surface area (Å²) in [5, 5.41) is 0. The molecule has 7 nitrogen and oxygen atoms in total. The molecule has 0 radical (unpaired) electrons. The number of rotatable bonds is 5. The van der Waals surface area contributed by atoms with Gasteiger partial charge in [0.2, 0.25) is 12.2 Å². The highest BCUT2D eigenvalue weighted by Gasteiger charge is 2.53. The zero-order chi connectivity index (χ0) is 17.5. The van der Waals surface area contributed by atoms with Crippen LogP contribution >= 0.6 is 0 Å². The molecule has 0 N–H and O–H groups in total. The van der Waals surface area contributed by atoms with Crippen LogP contribution in [-0.2, 0) is 14.3 Å². The smallest absolute Gasteiger partial charge is 0.413 e. The van der Waals surface area contributed by atoms with Crippen molar-refractivity contribution in [3.63, 3.8) is 0 Å². The minimum atomic E-state index is -1.02. The molecule has 1 amide bonds. The zero-order valence-electron chi connectivity index (χ0n) is 14.3. The second-order valence-corrected chi connectivity index (χ2v) is 6.53. The number of ether oxygens (including phenoxy) is 1. The first-order valence-electron chi connectivity index (χ1n) is 8.79. The van der Waals surface area contributed by atoms with Crippen LogP contribution < -0.4 is 0 Å². The maximum absolute atomic E-state index is 12.8. The third kappa shape index (κ3) is 3.58. The second-order valence-electron chi connectivity index (χ2n) is 6.53. The van der Waals surface area contributed by atoms with Gasteiger partial charge in [-0.2, -0.15) is 9.98 Å². The van der Waals surface area contributed by atoms with Crippen LogP contribution in [0, 0.1) is 0 Å². The van der Waals surface area contributed by atoms with Crippen molar-refractivity contribution < 1.29 is 19.1 Å². The lowest BCUT2D eigenvalue weighted by molar-refractivity contribution is -0.0444. The lowest BCUT2D eigenvalue weighted by Gasteiger charge is -2.50. The summed E-state index contributed by atoms with van der Waals surface area (Å²) >= 11 is 0. The number of amides is 1. The lowest BCUT2D eigenvalue weighted by Crippen LogP contribution is -2.63. The number of carbonyl (C=O) groups is 1. The molecule has 7 heteroatoms. The molecular weight excluding hydrogens is 310 g/mol. The summed E-state index contributed by atoms with van der Waals surface area (Å²) in [6.07, 6.45) is 10.4. The molecule has 2 rings (SSSR count). The van der Waals surface area contributed by atoms with Gasteiger partial charge in [0.25, 0.3) is 0 Å². The molecule has 2 fully saturated rings. The molecule has 0 spiro atoms. The monoisotopic (exact) mass is 335 g/mol. The minimum Gasteiger partial charge on any atom is -0.450 e. The quantitative estimate of drug-likeness (QED) is 0.568. The Kier molecular flexibility index (Phi) is 6.29. The summed E-state index contributed by atoms with van der Waals surface area (Å²) in [6, 6.07) is 0. The predicted molar refractivity (Wildman–Crippen MR) is 86.7 cm³/mol. The number of hydrogen-bond donors (Lipinski definition) is 0. The maximum atomic E-state index is 12.8. The molecule has 2 saturated carbocycles. The number of nitrogens with zero attached hydrogens (tertiary/aromatic N) is 3. The van der Waals surface area contributed by atoms with Crippen LogP contribution in [0.15, 0.2) is 9.98 Å². The van der Waals surface area contributed by atoms with Crippen molar-refractivity contribution in [1.29, 1.82) is 0 Å². The molecule has 0 heterocycles. The van der Waals surface area contributed by atoms with Gasteiger partial charge in [0.05, 0.1) is 6.61 Å². The Morgan fingerprint density at radius 2 is 1.33 bits per heavy atom. The largest absolute Gasteiger partial charge is 0.450 e. The topological polar surface area (TPSA) is 88.4 Å². The lowest BCUT2D eigenvalue weighted by atomic mass is 9.81. The van der Waals surface area contributed by atoms with E-state index in [0.717, 1.165) is 38.5 Å². The molecule has 0 unspecified atom stereocenters. The Balaban J connectivity index is 2.54. The molecule has 0 aliphatic heterocycles. The fraction of sp³-hybridized carbons (Fsp3) is 0.824. The van der Waals surface area contributed by atoms with E-state index in [2.05, 4.69) is 9.98 Å². The molecule has 0 atom stereocenters. The van der Waals surface area contributed by atoms with E-state index in [0.29, 0.717) is 25.7 Å². The number of carbonyl (C=O) groups excluding carboxylic acids is 3. The third-order valence-electron chi connectivity index (χ3n) is 5.10. The summed E-state index contributed by atoms with van der Waals surface area (Å²) in [5.41, 5.74) is -2.05. The van der Waals surface area contributed by atoms with Crippen LogP contribution in [-0.4, -0.2) is 41.1 Å². The van der Waals surface area contributed by atoms with E-state index in [1.807, 2.05) is 0 Å². The highest BCUT2D eigenvalue weighted by Crippen LogP contribution is 2.45. The van der Waals surface area contributed by atoms with Crippen molar-refractivity contribution in [1.82, 2.24) is 4.90 Å². The van der Waals surface area contributed by atoms with Gasteiger partial charge in [0, 0.05) is 0 Å². The maximum Gasteiger partial charge on any atom is 0.413 e. The number of aliphatic imine (C=N–C) groups is 2. The third-order valence-corrected chi connectivity index (χ3v) is 5.10. The van der Waals surface area contributed by atoms with E-state index in [1.54, 1.807) is 19.1 Å². The van der Waals surface area contributed by atoms with Gasteiger partial charge in [0.15, 0.2) is 11.3 Å². The first kappa shape index (κ1) is 18.4. The van der Waals surface area contributed by atoms with Gasteiger partial charge >= 0.3 is 6.09 Å². The fourth-order valence-corrected chi connectivity index (χ4v) is 4.09. The number of hydrogen-bond acceptors (Lipinski definition) is 6. The van der Waals surface area contributed by atoms with Gasteiger partial charge < -0.3 is 4.74 Å². The van der Waals surface area contributed by atoms with Crippen molar-refractivity contribution in [3.05, 3.63) is 0 Å². The Hall–Kier alpha value is -1.97. The predicted octanol–water partition coefficient (Wildman–Crippen LogP) is 3.44. The van der Waals surface area contributed by atoms with Gasteiger partial charge in [-0.3, -0.25) is 4.90 Å². The molecule has 0 aromatic rings. The molecule has 2 aliphatic rings. The second kappa shape index (κ2) is 8.22.